The van der Waals surface area contributed by atoms with Crippen LogP contribution in [0.3, 0.4) is 0 Å². The van der Waals surface area contributed by atoms with E-state index in [0.29, 0.717) is 18.5 Å². The summed E-state index contributed by atoms with van der Waals surface area (Å²) in [5.74, 6) is -0.0876. The number of likely N-dealkylation sites (tertiary alicyclic amines) is 1. The molecule has 3 aliphatic rings. The average Bonchev–Trinajstić information content (AvgIpc) is 3.19. The predicted octanol–water partition coefficient (Wildman–Crippen LogP) is 0.518. The summed E-state index contributed by atoms with van der Waals surface area (Å²) in [6.07, 6.45) is 5.12. The Kier molecular flexibility index (Phi) is 4.40. The van der Waals surface area contributed by atoms with E-state index in [0.717, 1.165) is 19.6 Å². The van der Waals surface area contributed by atoms with Gasteiger partial charge in [-0.2, -0.15) is 0 Å². The van der Waals surface area contributed by atoms with E-state index in [4.69, 9.17) is 4.74 Å². The van der Waals surface area contributed by atoms with Crippen molar-refractivity contribution in [3.8, 4) is 0 Å². The number of nitrogens with zero attached hydrogens (tertiary/aromatic N) is 1. The standard InChI is InChI=1S/C17H29N3O3/c1-16(2,15(22)23-3)19-14(21)17-10-18-8-12(17)9-20(11-17)13-6-4-5-7-13/h12-13,18H,4-11H2,1-3H3,(H,19,21)/t12-,17-/m0/s1. The molecular weight excluding hydrogens is 294 g/mol. The van der Waals surface area contributed by atoms with E-state index in [1.165, 1.54) is 32.8 Å². The molecule has 0 aromatic heterocycles. The topological polar surface area (TPSA) is 70.7 Å². The number of ether oxygens (including phenoxy) is 1. The zero-order chi connectivity index (χ0) is 16.7. The number of carbonyl (C=O) groups excluding carboxylic acids is 2. The summed E-state index contributed by atoms with van der Waals surface area (Å²) in [4.78, 5) is 27.5. The maximum absolute atomic E-state index is 13.1. The van der Waals surface area contributed by atoms with Crippen LogP contribution in [0.1, 0.15) is 39.5 Å². The fraction of sp³-hybridized carbons (Fsp3) is 0.882. The second-order valence-electron chi connectivity index (χ2n) is 7.92. The molecule has 3 fully saturated rings. The zero-order valence-electron chi connectivity index (χ0n) is 14.5. The van der Waals surface area contributed by atoms with Crippen molar-refractivity contribution in [2.75, 3.05) is 33.3 Å². The van der Waals surface area contributed by atoms with E-state index in [2.05, 4.69) is 15.5 Å². The molecule has 0 aromatic carbocycles. The first-order chi connectivity index (χ1) is 10.9. The Morgan fingerprint density at radius 3 is 2.65 bits per heavy atom. The third-order valence-corrected chi connectivity index (χ3v) is 5.97. The van der Waals surface area contributed by atoms with Crippen LogP contribution in [-0.2, 0) is 14.3 Å². The maximum atomic E-state index is 13.1. The molecule has 3 rings (SSSR count). The van der Waals surface area contributed by atoms with E-state index in [9.17, 15) is 9.59 Å². The second-order valence-corrected chi connectivity index (χ2v) is 7.92. The lowest BCUT2D eigenvalue weighted by molar-refractivity contribution is -0.151. The molecule has 6 nitrogen and oxygen atoms in total. The molecule has 0 unspecified atom stereocenters. The Labute approximate surface area is 138 Å². The first kappa shape index (κ1) is 16.7. The quantitative estimate of drug-likeness (QED) is 0.738. The molecular formula is C17H29N3O3. The van der Waals surface area contributed by atoms with Gasteiger partial charge in [-0.25, -0.2) is 4.79 Å². The van der Waals surface area contributed by atoms with Crippen LogP contribution in [0.4, 0.5) is 0 Å². The fourth-order valence-corrected chi connectivity index (χ4v) is 4.54. The Bertz CT molecular complexity index is 487. The van der Waals surface area contributed by atoms with Crippen molar-refractivity contribution < 1.29 is 14.3 Å². The Hall–Kier alpha value is -1.14. The van der Waals surface area contributed by atoms with Gasteiger partial charge in [0.25, 0.3) is 0 Å². The summed E-state index contributed by atoms with van der Waals surface area (Å²) in [5.41, 5.74) is -1.40. The molecule has 0 bridgehead atoms. The van der Waals surface area contributed by atoms with E-state index in [1.54, 1.807) is 13.8 Å². The lowest BCUT2D eigenvalue weighted by atomic mass is 9.79. The van der Waals surface area contributed by atoms with Crippen molar-refractivity contribution >= 4 is 11.9 Å². The molecule has 2 aliphatic heterocycles. The highest BCUT2D eigenvalue weighted by Crippen LogP contribution is 2.42. The van der Waals surface area contributed by atoms with Crippen molar-refractivity contribution in [2.24, 2.45) is 11.3 Å². The minimum absolute atomic E-state index is 0.0107. The predicted molar refractivity (Wildman–Crippen MR) is 86.9 cm³/mol. The molecule has 2 heterocycles. The summed E-state index contributed by atoms with van der Waals surface area (Å²) < 4.78 is 4.81. The number of carbonyl (C=O) groups is 2. The molecule has 0 radical (unpaired) electrons. The maximum Gasteiger partial charge on any atom is 0.330 e. The second kappa shape index (κ2) is 6.06. The van der Waals surface area contributed by atoms with E-state index in [1.807, 2.05) is 0 Å². The minimum atomic E-state index is -0.992. The molecule has 23 heavy (non-hydrogen) atoms. The van der Waals surface area contributed by atoms with Gasteiger partial charge in [0.05, 0.1) is 12.5 Å². The van der Waals surface area contributed by atoms with Crippen LogP contribution in [0.5, 0.6) is 0 Å². The van der Waals surface area contributed by atoms with E-state index < -0.39 is 16.9 Å². The number of hydrogen-bond donors (Lipinski definition) is 2. The van der Waals surface area contributed by atoms with Crippen LogP contribution < -0.4 is 10.6 Å². The van der Waals surface area contributed by atoms with Gasteiger partial charge in [0.2, 0.25) is 5.91 Å². The molecule has 0 spiro atoms. The fourth-order valence-electron chi connectivity index (χ4n) is 4.54. The Morgan fingerprint density at radius 2 is 2.00 bits per heavy atom. The van der Waals surface area contributed by atoms with Crippen LogP contribution in [0, 0.1) is 11.3 Å². The highest BCUT2D eigenvalue weighted by molar-refractivity contribution is 5.91. The lowest BCUT2D eigenvalue weighted by Crippen LogP contribution is -2.57. The molecule has 1 aliphatic carbocycles. The van der Waals surface area contributed by atoms with Gasteiger partial charge in [-0.1, -0.05) is 12.8 Å². The first-order valence-corrected chi connectivity index (χ1v) is 8.75. The largest absolute Gasteiger partial charge is 0.467 e. The highest BCUT2D eigenvalue weighted by Gasteiger charge is 2.56. The lowest BCUT2D eigenvalue weighted by Gasteiger charge is -2.32. The molecule has 6 heteroatoms. The smallest absolute Gasteiger partial charge is 0.330 e. The third kappa shape index (κ3) is 2.87. The molecule has 2 atom stereocenters. The number of amides is 1. The molecule has 2 saturated heterocycles. The van der Waals surface area contributed by atoms with Gasteiger partial charge in [0, 0.05) is 38.1 Å². The van der Waals surface area contributed by atoms with Gasteiger partial charge in [-0.3, -0.25) is 9.69 Å². The van der Waals surface area contributed by atoms with Crippen molar-refractivity contribution in [1.82, 2.24) is 15.5 Å². The Morgan fingerprint density at radius 1 is 1.30 bits per heavy atom. The molecule has 1 amide bonds. The number of fused-ring (bicyclic) bond motifs is 1. The van der Waals surface area contributed by atoms with Crippen molar-refractivity contribution in [2.45, 2.75) is 51.1 Å². The molecule has 130 valence electrons. The summed E-state index contributed by atoms with van der Waals surface area (Å²) in [7, 11) is 1.35. The number of methoxy groups -OCH3 is 1. The SMILES string of the molecule is COC(=O)C(C)(C)NC(=O)[C@]12CNC[C@H]1CN(C1CCCC1)C2. The van der Waals surface area contributed by atoms with Crippen molar-refractivity contribution in [3.05, 3.63) is 0 Å². The first-order valence-electron chi connectivity index (χ1n) is 8.75. The monoisotopic (exact) mass is 323 g/mol. The third-order valence-electron chi connectivity index (χ3n) is 5.97. The van der Waals surface area contributed by atoms with Crippen molar-refractivity contribution in [1.29, 1.82) is 0 Å². The molecule has 1 saturated carbocycles. The van der Waals surface area contributed by atoms with Gasteiger partial charge >= 0.3 is 5.97 Å². The van der Waals surface area contributed by atoms with Gasteiger partial charge in [0.15, 0.2) is 0 Å². The van der Waals surface area contributed by atoms with Crippen LogP contribution in [-0.4, -0.2) is 61.6 Å². The summed E-state index contributed by atoms with van der Waals surface area (Å²) in [6, 6.07) is 0.638. The summed E-state index contributed by atoms with van der Waals surface area (Å²) in [5, 5.41) is 6.32. The highest BCUT2D eigenvalue weighted by atomic mass is 16.5. The van der Waals surface area contributed by atoms with Crippen molar-refractivity contribution in [3.63, 3.8) is 0 Å². The number of rotatable bonds is 4. The Balaban J connectivity index is 1.73. The number of nitrogens with one attached hydrogen (secondary N) is 2. The molecule has 2 N–H and O–H groups in total. The van der Waals surface area contributed by atoms with Gasteiger partial charge in [-0.05, 0) is 26.7 Å². The minimum Gasteiger partial charge on any atom is -0.467 e. The van der Waals surface area contributed by atoms with E-state index in [-0.39, 0.29) is 5.91 Å². The number of esters is 1. The number of hydrogen-bond acceptors (Lipinski definition) is 5. The van der Waals surface area contributed by atoms with Gasteiger partial charge < -0.3 is 15.4 Å². The summed E-state index contributed by atoms with van der Waals surface area (Å²) in [6.45, 7) is 6.78. The summed E-state index contributed by atoms with van der Waals surface area (Å²) >= 11 is 0. The van der Waals surface area contributed by atoms with Crippen LogP contribution in [0.25, 0.3) is 0 Å². The van der Waals surface area contributed by atoms with Gasteiger partial charge in [0.1, 0.15) is 5.54 Å². The zero-order valence-corrected chi connectivity index (χ0v) is 14.5. The van der Waals surface area contributed by atoms with Gasteiger partial charge in [-0.15, -0.1) is 0 Å². The van der Waals surface area contributed by atoms with Crippen LogP contribution >= 0.6 is 0 Å². The average molecular weight is 323 g/mol. The molecule has 0 aromatic rings. The van der Waals surface area contributed by atoms with Crippen LogP contribution in [0.2, 0.25) is 0 Å². The van der Waals surface area contributed by atoms with E-state index >= 15 is 0 Å². The normalized spacial score (nSPS) is 32.0. The van der Waals surface area contributed by atoms with Crippen LogP contribution in [0.15, 0.2) is 0 Å².